The third-order valence-corrected chi connectivity index (χ3v) is 5.09. The molecule has 96 valence electrons. The van der Waals surface area contributed by atoms with Crippen LogP contribution < -0.4 is 0 Å². The van der Waals surface area contributed by atoms with Gasteiger partial charge < -0.3 is 4.74 Å². The second-order valence-electron chi connectivity index (χ2n) is 5.26. The average Bonchev–Trinajstić information content (AvgIpc) is 2.35. The molecule has 0 spiro atoms. The lowest BCUT2D eigenvalue weighted by molar-refractivity contribution is 0.0216. The predicted molar refractivity (Wildman–Crippen MR) is 74.3 cm³/mol. The number of hydrogen-bond donors (Lipinski definition) is 0. The van der Waals surface area contributed by atoms with Crippen LogP contribution in [-0.4, -0.2) is 18.5 Å². The second kappa shape index (κ2) is 8.52. The first-order valence-electron chi connectivity index (χ1n) is 6.97. The van der Waals surface area contributed by atoms with Crippen LogP contribution in [0.25, 0.3) is 0 Å². The molecular formula is C14H27BrO. The second-order valence-corrected chi connectivity index (χ2v) is 5.82. The molecule has 0 aromatic carbocycles. The monoisotopic (exact) mass is 290 g/mol. The maximum Gasteiger partial charge on any atom is 0.0471 e. The maximum atomic E-state index is 5.47. The number of ether oxygens (including phenoxy) is 1. The van der Waals surface area contributed by atoms with Crippen LogP contribution in [0.15, 0.2) is 0 Å². The first-order chi connectivity index (χ1) is 7.83. The molecule has 0 N–H and O–H groups in total. The normalized spacial score (nSPS) is 19.9. The molecular weight excluding hydrogens is 264 g/mol. The molecule has 1 aliphatic rings. The van der Waals surface area contributed by atoms with E-state index >= 15 is 0 Å². The van der Waals surface area contributed by atoms with E-state index in [4.69, 9.17) is 4.74 Å². The number of halogens is 1. The Hall–Kier alpha value is 0.440. The zero-order chi connectivity index (χ0) is 11.7. The summed E-state index contributed by atoms with van der Waals surface area (Å²) in [6.07, 6.45) is 12.4. The molecule has 0 saturated carbocycles. The Morgan fingerprint density at radius 3 is 2.25 bits per heavy atom. The summed E-state index contributed by atoms with van der Waals surface area (Å²) >= 11 is 3.71. The van der Waals surface area contributed by atoms with Crippen LogP contribution in [0.3, 0.4) is 0 Å². The van der Waals surface area contributed by atoms with Crippen LogP contribution in [0.2, 0.25) is 0 Å². The number of rotatable bonds is 8. The Labute approximate surface area is 109 Å². The van der Waals surface area contributed by atoms with E-state index in [1.807, 2.05) is 0 Å². The lowest BCUT2D eigenvalue weighted by Crippen LogP contribution is -2.31. The molecule has 1 heterocycles. The van der Waals surface area contributed by atoms with Crippen LogP contribution >= 0.6 is 15.9 Å². The molecule has 0 aliphatic carbocycles. The summed E-state index contributed by atoms with van der Waals surface area (Å²) in [6, 6.07) is 0. The Morgan fingerprint density at radius 1 is 1.00 bits per heavy atom. The highest BCUT2D eigenvalue weighted by atomic mass is 79.9. The zero-order valence-electron chi connectivity index (χ0n) is 10.8. The summed E-state index contributed by atoms with van der Waals surface area (Å²) in [5.41, 5.74) is 0.559. The van der Waals surface area contributed by atoms with E-state index in [1.165, 1.54) is 63.1 Å². The molecule has 1 saturated heterocycles. The lowest BCUT2D eigenvalue weighted by Gasteiger charge is -2.35. The van der Waals surface area contributed by atoms with E-state index in [2.05, 4.69) is 22.9 Å². The minimum Gasteiger partial charge on any atom is -0.381 e. The standard InChI is InChI=1S/C14H27BrO/c1-2-3-4-5-6-7-8-14(13-15)9-11-16-12-10-14/h2-13H2,1H3. The summed E-state index contributed by atoms with van der Waals surface area (Å²) in [6.45, 7) is 4.23. The fraction of sp³-hybridized carbons (Fsp3) is 1.00. The quantitative estimate of drug-likeness (QED) is 0.455. The van der Waals surface area contributed by atoms with Crippen LogP contribution in [0.4, 0.5) is 0 Å². The average molecular weight is 291 g/mol. The highest BCUT2D eigenvalue weighted by molar-refractivity contribution is 9.09. The Bertz CT molecular complexity index is 164. The largest absolute Gasteiger partial charge is 0.381 e. The van der Waals surface area contributed by atoms with Crippen molar-refractivity contribution >= 4 is 15.9 Å². The van der Waals surface area contributed by atoms with E-state index < -0.39 is 0 Å². The van der Waals surface area contributed by atoms with Crippen LogP contribution in [0.1, 0.15) is 64.7 Å². The van der Waals surface area contributed by atoms with E-state index in [-0.39, 0.29) is 0 Å². The highest BCUT2D eigenvalue weighted by Gasteiger charge is 2.30. The van der Waals surface area contributed by atoms with E-state index in [1.54, 1.807) is 0 Å². The smallest absolute Gasteiger partial charge is 0.0471 e. The van der Waals surface area contributed by atoms with Crippen LogP contribution in [-0.2, 0) is 4.74 Å². The highest BCUT2D eigenvalue weighted by Crippen LogP contribution is 2.37. The van der Waals surface area contributed by atoms with Gasteiger partial charge in [0.15, 0.2) is 0 Å². The fourth-order valence-corrected chi connectivity index (χ4v) is 3.38. The molecule has 0 amide bonds. The molecule has 0 aromatic heterocycles. The summed E-state index contributed by atoms with van der Waals surface area (Å²) in [5.74, 6) is 0. The number of alkyl halides is 1. The predicted octanol–water partition coefficient (Wildman–Crippen LogP) is 4.93. The molecule has 16 heavy (non-hydrogen) atoms. The van der Waals surface area contributed by atoms with Crippen molar-refractivity contribution in [3.8, 4) is 0 Å². The van der Waals surface area contributed by atoms with Gasteiger partial charge in [0.05, 0.1) is 0 Å². The number of unbranched alkanes of at least 4 members (excludes halogenated alkanes) is 5. The van der Waals surface area contributed by atoms with Gasteiger partial charge in [-0.05, 0) is 24.7 Å². The molecule has 0 atom stereocenters. The van der Waals surface area contributed by atoms with Crippen molar-refractivity contribution < 1.29 is 4.74 Å². The van der Waals surface area contributed by atoms with Gasteiger partial charge in [0.1, 0.15) is 0 Å². The summed E-state index contributed by atoms with van der Waals surface area (Å²) < 4.78 is 5.47. The summed E-state index contributed by atoms with van der Waals surface area (Å²) in [7, 11) is 0. The van der Waals surface area contributed by atoms with Gasteiger partial charge in [-0.1, -0.05) is 61.4 Å². The van der Waals surface area contributed by atoms with Crippen molar-refractivity contribution in [2.75, 3.05) is 18.5 Å². The van der Waals surface area contributed by atoms with Crippen molar-refractivity contribution in [3.63, 3.8) is 0 Å². The Kier molecular flexibility index (Phi) is 7.72. The fourth-order valence-electron chi connectivity index (χ4n) is 2.54. The first kappa shape index (κ1) is 14.5. The van der Waals surface area contributed by atoms with Gasteiger partial charge in [-0.25, -0.2) is 0 Å². The molecule has 1 aliphatic heterocycles. The van der Waals surface area contributed by atoms with Crippen LogP contribution in [0, 0.1) is 5.41 Å². The molecule has 1 fully saturated rings. The molecule has 0 unspecified atom stereocenters. The van der Waals surface area contributed by atoms with Crippen molar-refractivity contribution in [3.05, 3.63) is 0 Å². The molecule has 0 bridgehead atoms. The Morgan fingerprint density at radius 2 is 1.62 bits per heavy atom. The van der Waals surface area contributed by atoms with Gasteiger partial charge in [-0.15, -0.1) is 0 Å². The third-order valence-electron chi connectivity index (χ3n) is 3.90. The SMILES string of the molecule is CCCCCCCCC1(CBr)CCOCC1. The van der Waals surface area contributed by atoms with Gasteiger partial charge in [0.25, 0.3) is 0 Å². The number of hydrogen-bond acceptors (Lipinski definition) is 1. The van der Waals surface area contributed by atoms with E-state index in [0.717, 1.165) is 13.2 Å². The van der Waals surface area contributed by atoms with Gasteiger partial charge in [-0.2, -0.15) is 0 Å². The summed E-state index contributed by atoms with van der Waals surface area (Å²) in [5, 5.41) is 1.16. The Balaban J connectivity index is 2.08. The van der Waals surface area contributed by atoms with E-state index in [0.29, 0.717) is 5.41 Å². The van der Waals surface area contributed by atoms with Gasteiger partial charge in [-0.3, -0.25) is 0 Å². The minimum absolute atomic E-state index is 0.559. The van der Waals surface area contributed by atoms with Crippen molar-refractivity contribution in [1.82, 2.24) is 0 Å². The zero-order valence-corrected chi connectivity index (χ0v) is 12.4. The van der Waals surface area contributed by atoms with E-state index in [9.17, 15) is 0 Å². The lowest BCUT2D eigenvalue weighted by atomic mass is 9.78. The van der Waals surface area contributed by atoms with Crippen molar-refractivity contribution in [1.29, 1.82) is 0 Å². The van der Waals surface area contributed by atoms with Crippen LogP contribution in [0.5, 0.6) is 0 Å². The van der Waals surface area contributed by atoms with Gasteiger partial charge >= 0.3 is 0 Å². The minimum atomic E-state index is 0.559. The molecule has 1 rings (SSSR count). The molecule has 1 nitrogen and oxygen atoms in total. The third kappa shape index (κ3) is 5.18. The van der Waals surface area contributed by atoms with Gasteiger partial charge in [0.2, 0.25) is 0 Å². The van der Waals surface area contributed by atoms with Gasteiger partial charge in [0, 0.05) is 18.5 Å². The topological polar surface area (TPSA) is 9.23 Å². The molecule has 2 heteroatoms. The first-order valence-corrected chi connectivity index (χ1v) is 8.09. The van der Waals surface area contributed by atoms with Crippen molar-refractivity contribution in [2.24, 2.45) is 5.41 Å². The molecule has 0 radical (unpaired) electrons. The maximum absolute atomic E-state index is 5.47. The molecule has 0 aromatic rings. The van der Waals surface area contributed by atoms with Crippen molar-refractivity contribution in [2.45, 2.75) is 64.7 Å². The summed E-state index contributed by atoms with van der Waals surface area (Å²) in [4.78, 5) is 0.